The van der Waals surface area contributed by atoms with Crippen LogP contribution in [0.1, 0.15) is 11.1 Å². The monoisotopic (exact) mass is 212 g/mol. The van der Waals surface area contributed by atoms with Crippen molar-refractivity contribution in [3.05, 3.63) is 47.5 Å². The van der Waals surface area contributed by atoms with Crippen molar-refractivity contribution in [3.63, 3.8) is 0 Å². The Bertz CT molecular complexity index is 530. The lowest BCUT2D eigenvalue weighted by atomic mass is 9.96. The highest BCUT2D eigenvalue weighted by Crippen LogP contribution is 2.32. The molecular weight excluding hydrogens is 196 g/mol. The van der Waals surface area contributed by atoms with Crippen molar-refractivity contribution >= 4 is 11.4 Å². The van der Waals surface area contributed by atoms with E-state index in [0.29, 0.717) is 0 Å². The lowest BCUT2D eigenvalue weighted by molar-refractivity contribution is 1.39. The summed E-state index contributed by atoms with van der Waals surface area (Å²) in [6.07, 6.45) is 0. The summed E-state index contributed by atoms with van der Waals surface area (Å²) in [6, 6.07) is 12.0. The number of hydrogen-bond donors (Lipinski definition) is 2. The highest BCUT2D eigenvalue weighted by molar-refractivity contribution is 5.81. The van der Waals surface area contributed by atoms with Gasteiger partial charge < -0.3 is 11.5 Å². The number of benzene rings is 2. The molecule has 0 aliphatic rings. The second-order valence-corrected chi connectivity index (χ2v) is 4.11. The van der Waals surface area contributed by atoms with Crippen LogP contribution in [0.3, 0.4) is 0 Å². The number of nitrogen functional groups attached to an aromatic ring is 2. The van der Waals surface area contributed by atoms with Gasteiger partial charge in [0.15, 0.2) is 0 Å². The Hall–Kier alpha value is -1.96. The molecule has 0 aliphatic carbocycles. The molecule has 16 heavy (non-hydrogen) atoms. The summed E-state index contributed by atoms with van der Waals surface area (Å²) < 4.78 is 0. The van der Waals surface area contributed by atoms with Gasteiger partial charge in [0.05, 0.1) is 0 Å². The van der Waals surface area contributed by atoms with Gasteiger partial charge in [-0.2, -0.15) is 0 Å². The van der Waals surface area contributed by atoms with Gasteiger partial charge in [-0.05, 0) is 42.7 Å². The fraction of sp³-hybridized carbons (Fsp3) is 0.143. The quantitative estimate of drug-likeness (QED) is 0.713. The van der Waals surface area contributed by atoms with Crippen LogP contribution < -0.4 is 11.5 Å². The van der Waals surface area contributed by atoms with E-state index in [4.69, 9.17) is 11.5 Å². The normalized spacial score (nSPS) is 10.4. The first-order valence-corrected chi connectivity index (χ1v) is 5.31. The van der Waals surface area contributed by atoms with E-state index in [9.17, 15) is 0 Å². The maximum Gasteiger partial charge on any atom is 0.0393 e. The van der Waals surface area contributed by atoms with Crippen molar-refractivity contribution in [3.8, 4) is 11.1 Å². The smallest absolute Gasteiger partial charge is 0.0393 e. The second kappa shape index (κ2) is 3.89. The molecule has 2 nitrogen and oxygen atoms in total. The highest BCUT2D eigenvalue weighted by Gasteiger charge is 2.07. The van der Waals surface area contributed by atoms with Crippen molar-refractivity contribution in [2.75, 3.05) is 11.5 Å². The molecule has 0 saturated heterocycles. The van der Waals surface area contributed by atoms with E-state index in [2.05, 4.69) is 6.07 Å². The first-order valence-electron chi connectivity index (χ1n) is 5.31. The van der Waals surface area contributed by atoms with Gasteiger partial charge in [0, 0.05) is 16.9 Å². The fourth-order valence-electron chi connectivity index (χ4n) is 1.91. The number of aryl methyl sites for hydroxylation is 1. The summed E-state index contributed by atoms with van der Waals surface area (Å²) in [5.74, 6) is 0. The molecule has 0 aliphatic heterocycles. The molecule has 0 aromatic heterocycles. The topological polar surface area (TPSA) is 52.0 Å². The minimum Gasteiger partial charge on any atom is -0.398 e. The molecule has 0 bridgehead atoms. The predicted octanol–water partition coefficient (Wildman–Crippen LogP) is 3.13. The van der Waals surface area contributed by atoms with Crippen LogP contribution in [0.4, 0.5) is 11.4 Å². The van der Waals surface area contributed by atoms with Crippen LogP contribution in [-0.2, 0) is 0 Å². The van der Waals surface area contributed by atoms with Crippen molar-refractivity contribution in [1.29, 1.82) is 0 Å². The van der Waals surface area contributed by atoms with Gasteiger partial charge >= 0.3 is 0 Å². The molecule has 0 saturated carbocycles. The Kier molecular flexibility index (Phi) is 2.57. The van der Waals surface area contributed by atoms with Crippen LogP contribution >= 0.6 is 0 Å². The van der Waals surface area contributed by atoms with Crippen LogP contribution in [0.2, 0.25) is 0 Å². The predicted molar refractivity (Wildman–Crippen MR) is 70.2 cm³/mol. The Labute approximate surface area is 95.9 Å². The first-order chi connectivity index (χ1) is 7.59. The van der Waals surface area contributed by atoms with Crippen molar-refractivity contribution < 1.29 is 0 Å². The molecule has 0 amide bonds. The lowest BCUT2D eigenvalue weighted by Gasteiger charge is -2.12. The Morgan fingerprint density at radius 1 is 0.812 bits per heavy atom. The number of hydrogen-bond acceptors (Lipinski definition) is 2. The summed E-state index contributed by atoms with van der Waals surface area (Å²) in [7, 11) is 0. The third-order valence-electron chi connectivity index (χ3n) is 2.84. The first kappa shape index (κ1) is 10.6. The standard InChI is InChI=1S/C14H16N2/c1-9-7-12(10(2)14(16)8-9)11-5-3-4-6-13(11)15/h3-8H,15-16H2,1-2H3. The van der Waals surface area contributed by atoms with Gasteiger partial charge in [-0.15, -0.1) is 0 Å². The van der Waals surface area contributed by atoms with E-state index in [1.165, 1.54) is 0 Å². The molecule has 82 valence electrons. The van der Waals surface area contributed by atoms with E-state index in [-0.39, 0.29) is 0 Å². The number of anilines is 2. The van der Waals surface area contributed by atoms with E-state index in [1.807, 2.05) is 44.2 Å². The van der Waals surface area contributed by atoms with Crippen LogP contribution in [0.25, 0.3) is 11.1 Å². The van der Waals surface area contributed by atoms with E-state index < -0.39 is 0 Å². The Morgan fingerprint density at radius 2 is 1.50 bits per heavy atom. The Morgan fingerprint density at radius 3 is 2.19 bits per heavy atom. The maximum atomic E-state index is 5.98. The molecule has 0 radical (unpaired) electrons. The molecule has 4 N–H and O–H groups in total. The van der Waals surface area contributed by atoms with E-state index in [0.717, 1.165) is 33.6 Å². The van der Waals surface area contributed by atoms with E-state index >= 15 is 0 Å². The van der Waals surface area contributed by atoms with Crippen LogP contribution in [0.5, 0.6) is 0 Å². The molecule has 2 aromatic rings. The Balaban J connectivity index is 2.69. The van der Waals surface area contributed by atoms with Gasteiger partial charge in [0.2, 0.25) is 0 Å². The van der Waals surface area contributed by atoms with Crippen LogP contribution in [0, 0.1) is 13.8 Å². The minimum absolute atomic E-state index is 0.788. The number of para-hydroxylation sites is 1. The van der Waals surface area contributed by atoms with Gasteiger partial charge in [0.1, 0.15) is 0 Å². The van der Waals surface area contributed by atoms with Gasteiger partial charge in [0.25, 0.3) is 0 Å². The minimum atomic E-state index is 0.788. The molecule has 0 heterocycles. The average Bonchev–Trinajstić information content (AvgIpc) is 2.24. The molecular formula is C14H16N2. The second-order valence-electron chi connectivity index (χ2n) is 4.11. The molecule has 0 spiro atoms. The van der Waals surface area contributed by atoms with E-state index in [1.54, 1.807) is 0 Å². The molecule has 2 aromatic carbocycles. The molecule has 2 heteroatoms. The fourth-order valence-corrected chi connectivity index (χ4v) is 1.91. The molecule has 2 rings (SSSR count). The average molecular weight is 212 g/mol. The summed E-state index contributed by atoms with van der Waals surface area (Å²) in [6.45, 7) is 4.06. The zero-order valence-corrected chi connectivity index (χ0v) is 9.62. The molecule has 0 unspecified atom stereocenters. The number of rotatable bonds is 1. The van der Waals surface area contributed by atoms with Crippen LogP contribution in [-0.4, -0.2) is 0 Å². The third-order valence-corrected chi connectivity index (χ3v) is 2.84. The largest absolute Gasteiger partial charge is 0.398 e. The molecule has 0 fully saturated rings. The lowest BCUT2D eigenvalue weighted by Crippen LogP contribution is -1.96. The summed E-state index contributed by atoms with van der Waals surface area (Å²) in [4.78, 5) is 0. The highest BCUT2D eigenvalue weighted by atomic mass is 14.6. The zero-order chi connectivity index (χ0) is 11.7. The van der Waals surface area contributed by atoms with Crippen LogP contribution in [0.15, 0.2) is 36.4 Å². The van der Waals surface area contributed by atoms with Crippen molar-refractivity contribution in [2.24, 2.45) is 0 Å². The van der Waals surface area contributed by atoms with Crippen molar-refractivity contribution in [1.82, 2.24) is 0 Å². The summed E-state index contributed by atoms with van der Waals surface area (Å²) >= 11 is 0. The van der Waals surface area contributed by atoms with Gasteiger partial charge in [-0.25, -0.2) is 0 Å². The zero-order valence-electron chi connectivity index (χ0n) is 9.62. The molecule has 0 atom stereocenters. The summed E-state index contributed by atoms with van der Waals surface area (Å²) in [5, 5.41) is 0. The number of nitrogens with two attached hydrogens (primary N) is 2. The third kappa shape index (κ3) is 1.74. The van der Waals surface area contributed by atoms with Crippen molar-refractivity contribution in [2.45, 2.75) is 13.8 Å². The summed E-state index contributed by atoms with van der Waals surface area (Å²) in [5.41, 5.74) is 18.0. The van der Waals surface area contributed by atoms with Gasteiger partial charge in [-0.1, -0.05) is 24.3 Å². The SMILES string of the molecule is Cc1cc(N)c(C)c(-c2ccccc2N)c1. The maximum absolute atomic E-state index is 5.98. The van der Waals surface area contributed by atoms with Gasteiger partial charge in [-0.3, -0.25) is 0 Å².